The van der Waals surface area contributed by atoms with Gasteiger partial charge < -0.3 is 24.7 Å². The Bertz CT molecular complexity index is 710. The number of benzene rings is 1. The zero-order chi connectivity index (χ0) is 19.1. The fourth-order valence-electron chi connectivity index (χ4n) is 3.13. The maximum Gasteiger partial charge on any atom is 0.223 e. The van der Waals surface area contributed by atoms with E-state index in [1.165, 1.54) is 0 Å². The first-order valence-corrected chi connectivity index (χ1v) is 9.33. The van der Waals surface area contributed by atoms with Gasteiger partial charge in [-0.05, 0) is 30.7 Å². The summed E-state index contributed by atoms with van der Waals surface area (Å²) in [5.41, 5.74) is 6.59. The molecule has 1 fully saturated rings. The smallest absolute Gasteiger partial charge is 0.223 e. The minimum Gasteiger partial charge on any atom is -0.494 e. The molecule has 0 radical (unpaired) electrons. The Kier molecular flexibility index (Phi) is 6.92. The Morgan fingerprint density at radius 1 is 1.22 bits per heavy atom. The minimum atomic E-state index is -0.375. The van der Waals surface area contributed by atoms with Crippen LogP contribution in [0.5, 0.6) is 5.75 Å². The van der Waals surface area contributed by atoms with Crippen LogP contribution in [0.1, 0.15) is 12.3 Å². The summed E-state index contributed by atoms with van der Waals surface area (Å²) in [5.74, 6) is 1.98. The standard InChI is InChI=1S/C19H27N5O3/c1-15-21-19(22-27-15)16-3-5-18(6-4-16)26-12-2-7-23-8-10-24(11-9-23)13-17(20)14-25/h3-6,14,17H,2,7-13,20H2,1H3. The molecule has 1 unspecified atom stereocenters. The van der Waals surface area contributed by atoms with E-state index < -0.39 is 0 Å². The van der Waals surface area contributed by atoms with Crippen molar-refractivity contribution in [1.29, 1.82) is 0 Å². The summed E-state index contributed by atoms with van der Waals surface area (Å²) in [6.45, 7) is 8.03. The monoisotopic (exact) mass is 373 g/mol. The van der Waals surface area contributed by atoms with E-state index in [1.807, 2.05) is 24.3 Å². The fourth-order valence-corrected chi connectivity index (χ4v) is 3.13. The molecule has 1 aliphatic rings. The molecule has 2 heterocycles. The summed E-state index contributed by atoms with van der Waals surface area (Å²) in [5, 5.41) is 3.91. The van der Waals surface area contributed by atoms with Gasteiger partial charge in [-0.15, -0.1) is 0 Å². The second-order valence-electron chi connectivity index (χ2n) is 6.81. The first kappa shape index (κ1) is 19.5. The molecule has 8 heteroatoms. The van der Waals surface area contributed by atoms with Gasteiger partial charge in [-0.2, -0.15) is 4.98 Å². The molecule has 1 atom stereocenters. The van der Waals surface area contributed by atoms with Crippen molar-refractivity contribution in [2.45, 2.75) is 19.4 Å². The van der Waals surface area contributed by atoms with Crippen LogP contribution in [0, 0.1) is 6.92 Å². The normalized spacial score (nSPS) is 17.0. The maximum absolute atomic E-state index is 10.6. The second-order valence-corrected chi connectivity index (χ2v) is 6.81. The van der Waals surface area contributed by atoms with Crippen molar-refractivity contribution in [1.82, 2.24) is 19.9 Å². The Morgan fingerprint density at radius 2 is 1.93 bits per heavy atom. The molecule has 2 N–H and O–H groups in total. The van der Waals surface area contributed by atoms with Crippen LogP contribution >= 0.6 is 0 Å². The first-order chi connectivity index (χ1) is 13.1. The van der Waals surface area contributed by atoms with E-state index in [-0.39, 0.29) is 6.04 Å². The number of hydrogen-bond acceptors (Lipinski definition) is 8. The highest BCUT2D eigenvalue weighted by molar-refractivity contribution is 5.57. The van der Waals surface area contributed by atoms with E-state index in [0.717, 1.165) is 56.7 Å². The van der Waals surface area contributed by atoms with Gasteiger partial charge in [0.1, 0.15) is 12.0 Å². The third-order valence-electron chi connectivity index (χ3n) is 4.64. The van der Waals surface area contributed by atoms with Crippen LogP contribution in [-0.2, 0) is 4.79 Å². The number of nitrogens with two attached hydrogens (primary N) is 1. The van der Waals surface area contributed by atoms with Gasteiger partial charge in [-0.3, -0.25) is 4.90 Å². The summed E-state index contributed by atoms with van der Waals surface area (Å²) in [7, 11) is 0. The molecule has 0 saturated carbocycles. The first-order valence-electron chi connectivity index (χ1n) is 9.33. The van der Waals surface area contributed by atoms with Crippen LogP contribution in [0.15, 0.2) is 28.8 Å². The summed E-state index contributed by atoms with van der Waals surface area (Å²) in [4.78, 5) is 19.5. The number of aromatic nitrogens is 2. The Labute approximate surface area is 159 Å². The summed E-state index contributed by atoms with van der Waals surface area (Å²) in [6.07, 6.45) is 1.79. The van der Waals surface area contributed by atoms with Gasteiger partial charge in [-0.25, -0.2) is 0 Å². The maximum atomic E-state index is 10.6. The van der Waals surface area contributed by atoms with E-state index >= 15 is 0 Å². The SMILES string of the molecule is Cc1nc(-c2ccc(OCCCN3CCN(CC(N)C=O)CC3)cc2)no1. The Balaban J connectivity index is 1.33. The van der Waals surface area contributed by atoms with Crippen LogP contribution in [0.3, 0.4) is 0 Å². The van der Waals surface area contributed by atoms with E-state index in [2.05, 4.69) is 19.9 Å². The lowest BCUT2D eigenvalue weighted by Crippen LogP contribution is -2.50. The Morgan fingerprint density at radius 3 is 2.56 bits per heavy atom. The topological polar surface area (TPSA) is 97.7 Å². The van der Waals surface area contributed by atoms with Gasteiger partial charge in [-0.1, -0.05) is 5.16 Å². The highest BCUT2D eigenvalue weighted by atomic mass is 16.5. The summed E-state index contributed by atoms with van der Waals surface area (Å²) >= 11 is 0. The van der Waals surface area contributed by atoms with Gasteiger partial charge in [0.15, 0.2) is 0 Å². The quantitative estimate of drug-likeness (QED) is 0.513. The van der Waals surface area contributed by atoms with E-state index in [9.17, 15) is 4.79 Å². The molecule has 1 saturated heterocycles. The van der Waals surface area contributed by atoms with Crippen LogP contribution < -0.4 is 10.5 Å². The van der Waals surface area contributed by atoms with Gasteiger partial charge >= 0.3 is 0 Å². The van der Waals surface area contributed by atoms with Crippen LogP contribution in [0.25, 0.3) is 11.4 Å². The highest BCUT2D eigenvalue weighted by Crippen LogP contribution is 2.20. The number of nitrogens with zero attached hydrogens (tertiary/aromatic N) is 4. The third kappa shape index (κ3) is 5.85. The molecule has 8 nitrogen and oxygen atoms in total. The van der Waals surface area contributed by atoms with E-state index in [0.29, 0.717) is 24.9 Å². The Hall–Kier alpha value is -2.29. The third-order valence-corrected chi connectivity index (χ3v) is 4.64. The fraction of sp³-hybridized carbons (Fsp3) is 0.526. The average molecular weight is 373 g/mol. The predicted molar refractivity (Wildman–Crippen MR) is 102 cm³/mol. The largest absolute Gasteiger partial charge is 0.494 e. The van der Waals surface area contributed by atoms with Crippen molar-refractivity contribution in [2.75, 3.05) is 45.9 Å². The van der Waals surface area contributed by atoms with Gasteiger partial charge in [0.2, 0.25) is 11.7 Å². The summed E-state index contributed by atoms with van der Waals surface area (Å²) < 4.78 is 10.8. The van der Waals surface area contributed by atoms with Crippen LogP contribution in [0.4, 0.5) is 0 Å². The molecule has 1 aromatic heterocycles. The number of aryl methyl sites for hydroxylation is 1. The van der Waals surface area contributed by atoms with Crippen molar-refractivity contribution in [2.24, 2.45) is 5.73 Å². The number of carbonyl (C=O) groups excluding carboxylic acids is 1. The van der Waals surface area contributed by atoms with Crippen LogP contribution in [0.2, 0.25) is 0 Å². The lowest BCUT2D eigenvalue weighted by atomic mass is 10.2. The predicted octanol–water partition coefficient (Wildman–Crippen LogP) is 0.958. The molecule has 27 heavy (non-hydrogen) atoms. The second kappa shape index (κ2) is 9.59. The van der Waals surface area contributed by atoms with Crippen molar-refractivity contribution in [3.63, 3.8) is 0 Å². The molecule has 0 bridgehead atoms. The van der Waals surface area contributed by atoms with Gasteiger partial charge in [0, 0.05) is 51.8 Å². The average Bonchev–Trinajstić information content (AvgIpc) is 3.13. The van der Waals surface area contributed by atoms with Crippen molar-refractivity contribution < 1.29 is 14.1 Å². The number of piperazine rings is 1. The van der Waals surface area contributed by atoms with Crippen LogP contribution in [-0.4, -0.2) is 78.1 Å². The number of carbonyl (C=O) groups is 1. The molecular formula is C19H27N5O3. The molecule has 0 amide bonds. The van der Waals surface area contributed by atoms with Crippen molar-refractivity contribution >= 4 is 6.29 Å². The van der Waals surface area contributed by atoms with E-state index in [4.69, 9.17) is 15.0 Å². The number of rotatable bonds is 9. The van der Waals surface area contributed by atoms with Crippen molar-refractivity contribution in [3.05, 3.63) is 30.2 Å². The number of hydrogen-bond donors (Lipinski definition) is 1. The summed E-state index contributed by atoms with van der Waals surface area (Å²) in [6, 6.07) is 7.35. The van der Waals surface area contributed by atoms with E-state index in [1.54, 1.807) is 6.92 Å². The zero-order valence-corrected chi connectivity index (χ0v) is 15.7. The highest BCUT2D eigenvalue weighted by Gasteiger charge is 2.18. The lowest BCUT2D eigenvalue weighted by Gasteiger charge is -2.35. The molecule has 0 aliphatic carbocycles. The zero-order valence-electron chi connectivity index (χ0n) is 15.7. The minimum absolute atomic E-state index is 0.375. The molecule has 1 aromatic carbocycles. The lowest BCUT2D eigenvalue weighted by molar-refractivity contribution is -0.109. The molecule has 2 aromatic rings. The number of aldehydes is 1. The molecule has 0 spiro atoms. The molecule has 3 rings (SSSR count). The number of ether oxygens (including phenoxy) is 1. The molecule has 1 aliphatic heterocycles. The van der Waals surface area contributed by atoms with Gasteiger partial charge in [0.05, 0.1) is 12.6 Å². The van der Waals surface area contributed by atoms with Gasteiger partial charge in [0.25, 0.3) is 0 Å². The molecule has 146 valence electrons. The molecular weight excluding hydrogens is 346 g/mol. The van der Waals surface area contributed by atoms with Crippen molar-refractivity contribution in [3.8, 4) is 17.1 Å².